The highest BCUT2D eigenvalue weighted by Gasteiger charge is 2.20. The number of halogens is 1. The van der Waals surface area contributed by atoms with Gasteiger partial charge in [-0.25, -0.2) is 14.1 Å². The molecule has 1 saturated heterocycles. The highest BCUT2D eigenvalue weighted by atomic mass is 19.1. The summed E-state index contributed by atoms with van der Waals surface area (Å²) in [5.74, 6) is -0.488. The smallest absolute Gasteiger partial charge is 0.259 e. The molecule has 0 radical (unpaired) electrons. The lowest BCUT2D eigenvalue weighted by atomic mass is 10.1. The normalized spacial score (nSPS) is 14.8. The molecular weight excluding hydrogens is 413 g/mol. The van der Waals surface area contributed by atoms with Crippen LogP contribution in [-0.4, -0.2) is 73.9 Å². The summed E-state index contributed by atoms with van der Waals surface area (Å²) in [6.45, 7) is 3.15. The maximum absolute atomic E-state index is 13.5. The molecule has 4 heterocycles. The molecule has 0 unspecified atom stereocenters. The quantitative estimate of drug-likeness (QED) is 0.528. The monoisotopic (exact) mass is 433 g/mol. The van der Waals surface area contributed by atoms with Crippen LogP contribution in [0.2, 0.25) is 0 Å². The average molecular weight is 433 g/mol. The fourth-order valence-electron chi connectivity index (χ4n) is 3.72. The molecule has 0 atom stereocenters. The summed E-state index contributed by atoms with van der Waals surface area (Å²) in [4.78, 5) is 35.7. The van der Waals surface area contributed by atoms with E-state index < -0.39 is 11.4 Å². The van der Waals surface area contributed by atoms with E-state index in [0.717, 1.165) is 19.3 Å². The third-order valence-electron chi connectivity index (χ3n) is 5.60. The first-order valence-electron chi connectivity index (χ1n) is 10.2. The van der Waals surface area contributed by atoms with E-state index in [0.29, 0.717) is 41.1 Å². The standard InChI is InChI=1S/C22H20FN7O2/c1-28-6-8-29(9-7-28)22(32)14-2-4-17(5-3-14)30-13-19(26-27-30)18-11-15-10-16(23)12-24-20(15)25-21(18)31/h2-5,10-13H,6-9H2,1H3,(H,24,25,31). The predicted molar refractivity (Wildman–Crippen MR) is 116 cm³/mol. The molecule has 1 amide bonds. The molecule has 0 spiro atoms. The van der Waals surface area contributed by atoms with E-state index in [1.54, 1.807) is 30.5 Å². The van der Waals surface area contributed by atoms with Crippen LogP contribution in [0.15, 0.2) is 53.6 Å². The molecule has 1 N–H and O–H groups in total. The van der Waals surface area contributed by atoms with Gasteiger partial charge in [0.2, 0.25) is 0 Å². The molecule has 1 aliphatic heterocycles. The topological polar surface area (TPSA) is 100 Å². The summed E-state index contributed by atoms with van der Waals surface area (Å²) < 4.78 is 15.0. The van der Waals surface area contributed by atoms with E-state index in [4.69, 9.17) is 0 Å². The Labute approximate surface area is 182 Å². The van der Waals surface area contributed by atoms with E-state index in [2.05, 4.69) is 25.2 Å². The highest BCUT2D eigenvalue weighted by Crippen LogP contribution is 2.19. The zero-order valence-corrected chi connectivity index (χ0v) is 17.3. The summed E-state index contributed by atoms with van der Waals surface area (Å²) in [6, 6.07) is 9.92. The first-order chi connectivity index (χ1) is 15.5. The Morgan fingerprint density at radius 3 is 2.59 bits per heavy atom. The van der Waals surface area contributed by atoms with Crippen molar-refractivity contribution in [3.05, 3.63) is 70.5 Å². The number of carbonyl (C=O) groups is 1. The first kappa shape index (κ1) is 20.0. The number of piperazine rings is 1. The Morgan fingerprint density at radius 1 is 1.09 bits per heavy atom. The predicted octanol–water partition coefficient (Wildman–Crippen LogP) is 1.70. The second kappa shape index (κ2) is 7.97. The maximum atomic E-state index is 13.5. The Morgan fingerprint density at radius 2 is 1.84 bits per heavy atom. The number of hydrogen-bond acceptors (Lipinski definition) is 6. The molecule has 0 bridgehead atoms. The Hall–Kier alpha value is -3.92. The van der Waals surface area contributed by atoms with Gasteiger partial charge in [-0.05, 0) is 43.4 Å². The number of aromatic amines is 1. The minimum atomic E-state index is -0.495. The van der Waals surface area contributed by atoms with Gasteiger partial charge >= 0.3 is 0 Å². The van der Waals surface area contributed by atoms with Gasteiger partial charge in [-0.2, -0.15) is 0 Å². The number of nitrogens with zero attached hydrogens (tertiary/aromatic N) is 6. The van der Waals surface area contributed by atoms with E-state index in [1.807, 2.05) is 11.9 Å². The van der Waals surface area contributed by atoms with Gasteiger partial charge < -0.3 is 14.8 Å². The van der Waals surface area contributed by atoms with Gasteiger partial charge in [-0.15, -0.1) is 5.10 Å². The number of hydrogen-bond donors (Lipinski definition) is 1. The second-order valence-electron chi connectivity index (χ2n) is 7.79. The third kappa shape index (κ3) is 3.76. The second-order valence-corrected chi connectivity index (χ2v) is 7.79. The van der Waals surface area contributed by atoms with Gasteiger partial charge in [0.1, 0.15) is 17.2 Å². The number of carbonyl (C=O) groups excluding carboxylic acids is 1. The molecule has 5 rings (SSSR count). The van der Waals surface area contributed by atoms with Crippen molar-refractivity contribution < 1.29 is 9.18 Å². The van der Waals surface area contributed by atoms with Gasteiger partial charge in [0.05, 0.1) is 23.6 Å². The number of fused-ring (bicyclic) bond motifs is 1. The van der Waals surface area contributed by atoms with Crippen LogP contribution in [0, 0.1) is 5.82 Å². The number of H-pyrrole nitrogens is 1. The molecule has 0 saturated carbocycles. The van der Waals surface area contributed by atoms with Gasteiger partial charge in [0, 0.05) is 37.1 Å². The van der Waals surface area contributed by atoms with Crippen molar-refractivity contribution in [3.8, 4) is 16.9 Å². The molecule has 1 fully saturated rings. The Balaban J connectivity index is 1.39. The maximum Gasteiger partial charge on any atom is 0.259 e. The summed E-state index contributed by atoms with van der Waals surface area (Å²) in [5.41, 5.74) is 1.82. The fraction of sp³-hybridized carbons (Fsp3) is 0.227. The zero-order valence-electron chi connectivity index (χ0n) is 17.3. The number of nitrogens with one attached hydrogen (secondary N) is 1. The van der Waals surface area contributed by atoms with Crippen LogP contribution in [0.1, 0.15) is 10.4 Å². The zero-order chi connectivity index (χ0) is 22.2. The summed E-state index contributed by atoms with van der Waals surface area (Å²) >= 11 is 0. The van der Waals surface area contributed by atoms with Crippen LogP contribution in [-0.2, 0) is 0 Å². The molecule has 4 aromatic rings. The lowest BCUT2D eigenvalue weighted by molar-refractivity contribution is 0.0664. The van der Waals surface area contributed by atoms with Crippen LogP contribution in [0.3, 0.4) is 0 Å². The van der Waals surface area contributed by atoms with Crippen molar-refractivity contribution in [2.24, 2.45) is 0 Å². The minimum Gasteiger partial charge on any atom is -0.336 e. The molecule has 1 aliphatic rings. The number of aromatic nitrogens is 5. The summed E-state index contributed by atoms with van der Waals surface area (Å²) in [6.07, 6.45) is 2.66. The van der Waals surface area contributed by atoms with Gasteiger partial charge in [0.25, 0.3) is 11.5 Å². The number of pyridine rings is 2. The van der Waals surface area contributed by atoms with E-state index in [-0.39, 0.29) is 11.5 Å². The SMILES string of the molecule is CN1CCN(C(=O)c2ccc(-n3cc(-c4cc5cc(F)cnc5[nH]c4=O)nn3)cc2)CC1. The van der Waals surface area contributed by atoms with Crippen molar-refractivity contribution in [3.63, 3.8) is 0 Å². The minimum absolute atomic E-state index is 0.00692. The van der Waals surface area contributed by atoms with Gasteiger partial charge in [0.15, 0.2) is 0 Å². The number of rotatable bonds is 3. The van der Waals surface area contributed by atoms with Crippen molar-refractivity contribution in [1.82, 2.24) is 34.8 Å². The average Bonchev–Trinajstić information content (AvgIpc) is 3.29. The third-order valence-corrected chi connectivity index (χ3v) is 5.60. The van der Waals surface area contributed by atoms with Crippen LogP contribution in [0.4, 0.5) is 4.39 Å². The van der Waals surface area contributed by atoms with E-state index >= 15 is 0 Å². The van der Waals surface area contributed by atoms with Crippen LogP contribution >= 0.6 is 0 Å². The summed E-state index contributed by atoms with van der Waals surface area (Å²) in [5, 5.41) is 8.65. The molecule has 32 heavy (non-hydrogen) atoms. The number of benzene rings is 1. The molecule has 1 aromatic carbocycles. The first-order valence-corrected chi connectivity index (χ1v) is 10.2. The lowest BCUT2D eigenvalue weighted by Crippen LogP contribution is -2.47. The highest BCUT2D eigenvalue weighted by molar-refractivity contribution is 5.94. The molecule has 162 valence electrons. The molecule has 3 aromatic heterocycles. The van der Waals surface area contributed by atoms with E-state index in [1.165, 1.54) is 16.8 Å². The van der Waals surface area contributed by atoms with Crippen molar-refractivity contribution in [2.45, 2.75) is 0 Å². The number of likely N-dealkylation sites (N-methyl/N-ethyl adjacent to an activating group) is 1. The molecular formula is C22H20FN7O2. The van der Waals surface area contributed by atoms with Crippen molar-refractivity contribution in [2.75, 3.05) is 33.2 Å². The van der Waals surface area contributed by atoms with Gasteiger partial charge in [-0.3, -0.25) is 9.59 Å². The van der Waals surface area contributed by atoms with Crippen LogP contribution in [0.5, 0.6) is 0 Å². The Bertz CT molecular complexity index is 1350. The fourth-order valence-corrected chi connectivity index (χ4v) is 3.72. The molecule has 9 nitrogen and oxygen atoms in total. The largest absolute Gasteiger partial charge is 0.336 e. The Kier molecular flexibility index (Phi) is 4.98. The van der Waals surface area contributed by atoms with Crippen molar-refractivity contribution >= 4 is 16.9 Å². The van der Waals surface area contributed by atoms with Gasteiger partial charge in [-0.1, -0.05) is 5.21 Å². The lowest BCUT2D eigenvalue weighted by Gasteiger charge is -2.32. The van der Waals surface area contributed by atoms with Crippen molar-refractivity contribution in [1.29, 1.82) is 0 Å². The van der Waals surface area contributed by atoms with Crippen LogP contribution < -0.4 is 5.56 Å². The summed E-state index contributed by atoms with van der Waals surface area (Å²) in [7, 11) is 2.05. The number of amides is 1. The molecule has 0 aliphatic carbocycles. The van der Waals surface area contributed by atoms with E-state index in [9.17, 15) is 14.0 Å². The van der Waals surface area contributed by atoms with Crippen LogP contribution in [0.25, 0.3) is 28.0 Å². The molecule has 10 heteroatoms.